The quantitative estimate of drug-likeness (QED) is 0.181. The third-order valence-electron chi connectivity index (χ3n) is 10.6. The lowest BCUT2D eigenvalue weighted by Gasteiger charge is -2.11. The molecule has 0 bridgehead atoms. The Kier molecular flexibility index (Phi) is 6.82. The number of fused-ring (bicyclic) bond motifs is 7. The van der Waals surface area contributed by atoms with E-state index in [2.05, 4.69) is 168 Å². The molecule has 252 valence electrons. The van der Waals surface area contributed by atoms with Crippen LogP contribution in [0.3, 0.4) is 0 Å². The van der Waals surface area contributed by atoms with Gasteiger partial charge in [0.2, 0.25) is 0 Å². The molecule has 0 saturated heterocycles. The highest BCUT2D eigenvalue weighted by molar-refractivity contribution is 6.12. The van der Waals surface area contributed by atoms with E-state index in [9.17, 15) is 0 Å². The Morgan fingerprint density at radius 3 is 1.56 bits per heavy atom. The highest BCUT2D eigenvalue weighted by Crippen LogP contribution is 2.39. The fraction of sp³-hybridized carbons (Fsp3) is 0. The molecule has 3 heterocycles. The minimum absolute atomic E-state index is 0.720. The summed E-state index contributed by atoms with van der Waals surface area (Å²) in [5, 5.41) is 5.67. The molecular formula is C50H31N3O. The van der Waals surface area contributed by atoms with Gasteiger partial charge in [-0.3, -0.25) is 0 Å². The van der Waals surface area contributed by atoms with Crippen LogP contribution in [0.15, 0.2) is 192 Å². The number of rotatable bonds is 5. The van der Waals surface area contributed by atoms with Crippen molar-refractivity contribution in [1.82, 2.24) is 14.5 Å². The molecule has 0 aliphatic heterocycles. The highest BCUT2D eigenvalue weighted by Gasteiger charge is 2.16. The van der Waals surface area contributed by atoms with E-state index < -0.39 is 0 Å². The van der Waals surface area contributed by atoms with Crippen LogP contribution in [0, 0.1) is 0 Å². The lowest BCUT2D eigenvalue weighted by Crippen LogP contribution is -1.95. The highest BCUT2D eigenvalue weighted by atomic mass is 16.3. The van der Waals surface area contributed by atoms with Crippen LogP contribution in [0.4, 0.5) is 0 Å². The standard InChI is InChI=1S/C50H31N3O/c1-4-12-32(13-5-1)49-43-31-34(20-24-44(43)51-50(52-49)33-14-6-2-7-15-33)36-22-26-47-41(29-36)42-30-37(23-27-48(42)54-47)35-21-25-46-40(28-35)39-18-10-11-19-45(39)53(46)38-16-8-3-9-17-38/h1-31H. The number of hydrogen-bond donors (Lipinski definition) is 0. The van der Waals surface area contributed by atoms with Crippen molar-refractivity contribution >= 4 is 54.6 Å². The van der Waals surface area contributed by atoms with Crippen molar-refractivity contribution in [2.75, 3.05) is 0 Å². The van der Waals surface area contributed by atoms with Crippen LogP contribution >= 0.6 is 0 Å². The maximum atomic E-state index is 6.39. The van der Waals surface area contributed by atoms with Gasteiger partial charge in [0.05, 0.1) is 22.2 Å². The van der Waals surface area contributed by atoms with Crippen molar-refractivity contribution < 1.29 is 4.42 Å². The molecule has 3 aromatic heterocycles. The van der Waals surface area contributed by atoms with Gasteiger partial charge in [0, 0.05) is 43.7 Å². The molecule has 0 radical (unpaired) electrons. The number of hydrogen-bond acceptors (Lipinski definition) is 3. The molecule has 0 fully saturated rings. The van der Waals surface area contributed by atoms with E-state index in [-0.39, 0.29) is 0 Å². The van der Waals surface area contributed by atoms with Crippen LogP contribution in [-0.4, -0.2) is 14.5 Å². The summed E-state index contributed by atoms with van der Waals surface area (Å²) in [6.07, 6.45) is 0. The molecule has 11 aromatic rings. The molecule has 0 spiro atoms. The second-order valence-corrected chi connectivity index (χ2v) is 13.8. The van der Waals surface area contributed by atoms with Gasteiger partial charge in [0.25, 0.3) is 0 Å². The molecule has 11 rings (SSSR count). The fourth-order valence-electron chi connectivity index (χ4n) is 7.98. The third-order valence-corrected chi connectivity index (χ3v) is 10.6. The van der Waals surface area contributed by atoms with E-state index in [1.165, 1.54) is 27.4 Å². The molecule has 0 amide bonds. The van der Waals surface area contributed by atoms with Gasteiger partial charge in [-0.15, -0.1) is 0 Å². The Hall–Kier alpha value is -7.30. The van der Waals surface area contributed by atoms with Gasteiger partial charge < -0.3 is 8.98 Å². The van der Waals surface area contributed by atoms with Gasteiger partial charge in [-0.1, -0.05) is 121 Å². The maximum Gasteiger partial charge on any atom is 0.160 e. The van der Waals surface area contributed by atoms with Crippen LogP contribution in [0.5, 0.6) is 0 Å². The molecule has 0 saturated carbocycles. The minimum atomic E-state index is 0.720. The Labute approximate surface area is 311 Å². The maximum absolute atomic E-state index is 6.39. The number of nitrogens with zero attached hydrogens (tertiary/aromatic N) is 3. The van der Waals surface area contributed by atoms with Crippen molar-refractivity contribution in [1.29, 1.82) is 0 Å². The first-order valence-corrected chi connectivity index (χ1v) is 18.2. The largest absolute Gasteiger partial charge is 0.456 e. The number of benzene rings is 8. The van der Waals surface area contributed by atoms with Gasteiger partial charge in [-0.2, -0.15) is 0 Å². The van der Waals surface area contributed by atoms with Gasteiger partial charge in [-0.05, 0) is 89.0 Å². The predicted octanol–water partition coefficient (Wildman–Crippen LogP) is 13.3. The molecule has 0 N–H and O–H groups in total. The lowest BCUT2D eigenvalue weighted by molar-refractivity contribution is 0.669. The van der Waals surface area contributed by atoms with Crippen LogP contribution in [0.2, 0.25) is 0 Å². The number of para-hydroxylation sites is 2. The normalized spacial score (nSPS) is 11.7. The second kappa shape index (κ2) is 12.1. The van der Waals surface area contributed by atoms with E-state index in [0.29, 0.717) is 0 Å². The third kappa shape index (κ3) is 4.92. The summed E-state index contributed by atoms with van der Waals surface area (Å²) in [5.74, 6) is 0.720. The van der Waals surface area contributed by atoms with Crippen molar-refractivity contribution in [2.24, 2.45) is 0 Å². The zero-order valence-corrected chi connectivity index (χ0v) is 29.1. The molecule has 0 aliphatic carbocycles. The number of aromatic nitrogens is 3. The summed E-state index contributed by atoms with van der Waals surface area (Å²) in [4.78, 5) is 10.1. The SMILES string of the molecule is c1ccc(-c2nc(-c3ccccc3)c3cc(-c4ccc5oc6ccc(-c7ccc8c(c7)c7ccccc7n8-c7ccccc7)cc6c5c4)ccc3n2)cc1. The molecule has 54 heavy (non-hydrogen) atoms. The second-order valence-electron chi connectivity index (χ2n) is 13.8. The first-order valence-electron chi connectivity index (χ1n) is 18.2. The summed E-state index contributed by atoms with van der Waals surface area (Å²) in [6.45, 7) is 0. The minimum Gasteiger partial charge on any atom is -0.456 e. The average Bonchev–Trinajstić information content (AvgIpc) is 3.78. The molecule has 4 nitrogen and oxygen atoms in total. The zero-order valence-electron chi connectivity index (χ0n) is 29.1. The van der Waals surface area contributed by atoms with Gasteiger partial charge in [-0.25, -0.2) is 9.97 Å². The Balaban J connectivity index is 1.03. The van der Waals surface area contributed by atoms with Crippen LogP contribution in [0.1, 0.15) is 0 Å². The Morgan fingerprint density at radius 2 is 0.870 bits per heavy atom. The zero-order chi connectivity index (χ0) is 35.6. The van der Waals surface area contributed by atoms with Gasteiger partial charge in [0.1, 0.15) is 11.2 Å². The first kappa shape index (κ1) is 30.3. The van der Waals surface area contributed by atoms with E-state index in [1.54, 1.807) is 0 Å². The molecule has 4 heteroatoms. The molecule has 0 atom stereocenters. The van der Waals surface area contributed by atoms with E-state index in [1.807, 2.05) is 24.3 Å². The summed E-state index contributed by atoms with van der Waals surface area (Å²) in [6, 6.07) is 66.2. The van der Waals surface area contributed by atoms with Crippen molar-refractivity contribution in [3.05, 3.63) is 188 Å². The summed E-state index contributed by atoms with van der Waals surface area (Å²) in [7, 11) is 0. The smallest absolute Gasteiger partial charge is 0.160 e. The van der Waals surface area contributed by atoms with E-state index >= 15 is 0 Å². The van der Waals surface area contributed by atoms with Crippen molar-refractivity contribution in [3.63, 3.8) is 0 Å². The number of furan rings is 1. The summed E-state index contributed by atoms with van der Waals surface area (Å²) in [5.41, 5.74) is 13.7. The Morgan fingerprint density at radius 1 is 0.352 bits per heavy atom. The Bertz CT molecular complexity index is 3200. The molecule has 0 aliphatic rings. The summed E-state index contributed by atoms with van der Waals surface area (Å²) >= 11 is 0. The average molecular weight is 690 g/mol. The predicted molar refractivity (Wildman–Crippen MR) is 223 cm³/mol. The van der Waals surface area contributed by atoms with Crippen molar-refractivity contribution in [2.45, 2.75) is 0 Å². The first-order chi connectivity index (χ1) is 26.7. The van der Waals surface area contributed by atoms with Crippen LogP contribution < -0.4 is 0 Å². The topological polar surface area (TPSA) is 43.9 Å². The van der Waals surface area contributed by atoms with Gasteiger partial charge >= 0.3 is 0 Å². The van der Waals surface area contributed by atoms with E-state index in [4.69, 9.17) is 14.4 Å². The van der Waals surface area contributed by atoms with Crippen molar-refractivity contribution in [3.8, 4) is 50.6 Å². The fourth-order valence-corrected chi connectivity index (χ4v) is 7.98. The molecular weight excluding hydrogens is 659 g/mol. The monoisotopic (exact) mass is 689 g/mol. The molecule has 8 aromatic carbocycles. The summed E-state index contributed by atoms with van der Waals surface area (Å²) < 4.78 is 8.75. The van der Waals surface area contributed by atoms with Crippen LogP contribution in [-0.2, 0) is 0 Å². The van der Waals surface area contributed by atoms with E-state index in [0.717, 1.165) is 77.9 Å². The lowest BCUT2D eigenvalue weighted by atomic mass is 9.97. The molecule has 0 unspecified atom stereocenters. The van der Waals surface area contributed by atoms with Gasteiger partial charge in [0.15, 0.2) is 5.82 Å². The van der Waals surface area contributed by atoms with Crippen LogP contribution in [0.25, 0.3) is 105 Å².